The van der Waals surface area contributed by atoms with Crippen LogP contribution in [0.25, 0.3) is 0 Å². The van der Waals surface area contributed by atoms with Gasteiger partial charge in [0.2, 0.25) is 5.91 Å². The molecule has 0 fully saturated rings. The summed E-state index contributed by atoms with van der Waals surface area (Å²) in [6, 6.07) is 8.96. The second-order valence-electron chi connectivity index (χ2n) is 5.29. The summed E-state index contributed by atoms with van der Waals surface area (Å²) < 4.78 is 38.6. The van der Waals surface area contributed by atoms with Crippen LogP contribution in [0.15, 0.2) is 42.6 Å². The van der Waals surface area contributed by atoms with Crippen LogP contribution < -0.4 is 11.1 Å². The Morgan fingerprint density at radius 3 is 2.52 bits per heavy atom. The molecular formula is C17H20Cl2F3N3OS. The van der Waals surface area contributed by atoms with Crippen molar-refractivity contribution in [3.05, 3.63) is 59.4 Å². The van der Waals surface area contributed by atoms with Gasteiger partial charge in [-0.25, -0.2) is 0 Å². The molecule has 3 N–H and O–H groups in total. The maximum atomic E-state index is 12.9. The van der Waals surface area contributed by atoms with Crippen LogP contribution in [0.4, 0.5) is 18.9 Å². The van der Waals surface area contributed by atoms with Crippen molar-refractivity contribution < 1.29 is 18.0 Å². The molecule has 0 unspecified atom stereocenters. The van der Waals surface area contributed by atoms with Gasteiger partial charge in [0.05, 0.1) is 11.3 Å². The number of nitrogens with two attached hydrogens (primary N) is 1. The molecule has 2 aromatic rings. The Balaban J connectivity index is 0.00000338. The van der Waals surface area contributed by atoms with E-state index in [0.717, 1.165) is 17.8 Å². The molecule has 0 radical (unpaired) electrons. The van der Waals surface area contributed by atoms with Crippen LogP contribution in [0, 0.1) is 0 Å². The molecule has 10 heteroatoms. The number of nitrogens with one attached hydrogen (secondary N) is 1. The van der Waals surface area contributed by atoms with Gasteiger partial charge in [0.1, 0.15) is 0 Å². The van der Waals surface area contributed by atoms with Gasteiger partial charge in [0.25, 0.3) is 0 Å². The number of halogens is 5. The number of thioether (sulfide) groups is 1. The summed E-state index contributed by atoms with van der Waals surface area (Å²) in [6.07, 6.45) is -2.58. The van der Waals surface area contributed by atoms with E-state index in [1.807, 2.05) is 18.2 Å². The molecule has 0 bridgehead atoms. The van der Waals surface area contributed by atoms with Crippen LogP contribution in [0.3, 0.4) is 0 Å². The fourth-order valence-electron chi connectivity index (χ4n) is 2.09. The van der Waals surface area contributed by atoms with Gasteiger partial charge in [-0.3, -0.25) is 9.78 Å². The Hall–Kier alpha value is -1.48. The Morgan fingerprint density at radius 1 is 1.19 bits per heavy atom. The van der Waals surface area contributed by atoms with Gasteiger partial charge < -0.3 is 11.1 Å². The average Bonchev–Trinajstić information content (AvgIpc) is 2.58. The van der Waals surface area contributed by atoms with Crippen LogP contribution >= 0.6 is 36.6 Å². The standard InChI is InChI=1S/C17H18F3N3OS.2ClH/c18-17(19,20)13-7-12(10-21)8-15(9-13)23-16(24)4-6-25-11-14-3-1-2-5-22-14;;/h1-3,5,7-9H,4,6,10-11,21H2,(H,23,24);2*1H. The predicted octanol–water partition coefficient (Wildman–Crippen LogP) is 4.66. The number of hydrogen-bond donors (Lipinski definition) is 2. The van der Waals surface area contributed by atoms with Gasteiger partial charge in [-0.2, -0.15) is 24.9 Å². The second kappa shape index (κ2) is 12.1. The van der Waals surface area contributed by atoms with Gasteiger partial charge in [-0.05, 0) is 35.9 Å². The monoisotopic (exact) mass is 441 g/mol. The number of benzene rings is 1. The maximum absolute atomic E-state index is 12.9. The van der Waals surface area contributed by atoms with Gasteiger partial charge >= 0.3 is 6.18 Å². The highest BCUT2D eigenvalue weighted by Gasteiger charge is 2.31. The van der Waals surface area contributed by atoms with Crippen LogP contribution in [0.5, 0.6) is 0 Å². The zero-order chi connectivity index (χ0) is 18.3. The third kappa shape index (κ3) is 8.83. The van der Waals surface area contributed by atoms with Gasteiger partial charge in [0, 0.05) is 36.4 Å². The first-order chi connectivity index (χ1) is 11.9. The molecule has 1 aromatic carbocycles. The highest BCUT2D eigenvalue weighted by molar-refractivity contribution is 7.98. The molecule has 1 amide bonds. The first-order valence-corrected chi connectivity index (χ1v) is 8.72. The molecule has 0 spiro atoms. The Labute approximate surface area is 172 Å². The first-order valence-electron chi connectivity index (χ1n) is 7.57. The quantitative estimate of drug-likeness (QED) is 0.612. The predicted molar refractivity (Wildman–Crippen MR) is 107 cm³/mol. The zero-order valence-corrected chi connectivity index (χ0v) is 16.6. The number of aromatic nitrogens is 1. The van der Waals surface area contributed by atoms with Gasteiger partial charge in [-0.15, -0.1) is 24.8 Å². The third-order valence-corrected chi connectivity index (χ3v) is 4.28. The summed E-state index contributed by atoms with van der Waals surface area (Å²) in [5, 5.41) is 2.50. The van der Waals surface area contributed by atoms with E-state index in [-0.39, 0.29) is 49.4 Å². The molecule has 150 valence electrons. The number of nitrogens with zero attached hydrogens (tertiary/aromatic N) is 1. The molecule has 0 aliphatic carbocycles. The van der Waals surface area contributed by atoms with Crippen molar-refractivity contribution in [2.24, 2.45) is 5.73 Å². The number of amides is 1. The lowest BCUT2D eigenvalue weighted by Gasteiger charge is -2.12. The summed E-state index contributed by atoms with van der Waals surface area (Å²) in [5.74, 6) is 0.885. The van der Waals surface area contributed by atoms with Crippen molar-refractivity contribution in [1.29, 1.82) is 0 Å². The molecule has 0 saturated heterocycles. The molecular weight excluding hydrogens is 422 g/mol. The van der Waals surface area contributed by atoms with Crippen molar-refractivity contribution >= 4 is 48.2 Å². The topological polar surface area (TPSA) is 68.0 Å². The molecule has 0 aliphatic rings. The largest absolute Gasteiger partial charge is 0.416 e. The minimum atomic E-state index is -4.48. The van der Waals surface area contributed by atoms with Crippen LogP contribution in [0.1, 0.15) is 23.2 Å². The van der Waals surface area contributed by atoms with Crippen molar-refractivity contribution in [2.75, 3.05) is 11.1 Å². The molecule has 4 nitrogen and oxygen atoms in total. The van der Waals surface area contributed by atoms with Gasteiger partial charge in [-0.1, -0.05) is 6.07 Å². The lowest BCUT2D eigenvalue weighted by Crippen LogP contribution is -2.14. The summed E-state index contributed by atoms with van der Waals surface area (Å²) in [6.45, 7) is -0.0350. The van der Waals surface area contributed by atoms with E-state index in [2.05, 4.69) is 10.3 Å². The number of carbonyl (C=O) groups excluding carboxylic acids is 1. The molecule has 0 aliphatic heterocycles. The molecule has 2 rings (SSSR count). The molecule has 1 heterocycles. The lowest BCUT2D eigenvalue weighted by atomic mass is 10.1. The number of rotatable bonds is 7. The highest BCUT2D eigenvalue weighted by atomic mass is 35.5. The fraction of sp³-hybridized carbons (Fsp3) is 0.294. The van der Waals surface area contributed by atoms with Crippen molar-refractivity contribution in [1.82, 2.24) is 4.98 Å². The number of hydrogen-bond acceptors (Lipinski definition) is 4. The van der Waals surface area contributed by atoms with Gasteiger partial charge in [0.15, 0.2) is 0 Å². The minimum absolute atomic E-state index is 0. The van der Waals surface area contributed by atoms with Crippen LogP contribution in [-0.4, -0.2) is 16.6 Å². The summed E-state index contributed by atoms with van der Waals surface area (Å²) in [4.78, 5) is 16.1. The van der Waals surface area contributed by atoms with E-state index in [4.69, 9.17) is 5.73 Å². The number of alkyl halides is 3. The van der Waals surface area contributed by atoms with E-state index in [0.29, 0.717) is 17.1 Å². The first kappa shape index (κ1) is 25.5. The normalized spacial score (nSPS) is 10.5. The lowest BCUT2D eigenvalue weighted by molar-refractivity contribution is -0.137. The van der Waals surface area contributed by atoms with E-state index in [1.165, 1.54) is 17.8 Å². The summed E-state index contributed by atoms with van der Waals surface area (Å²) >= 11 is 1.54. The zero-order valence-electron chi connectivity index (χ0n) is 14.2. The Bertz CT molecular complexity index is 718. The third-order valence-electron chi connectivity index (χ3n) is 3.29. The maximum Gasteiger partial charge on any atom is 0.416 e. The van der Waals surface area contributed by atoms with E-state index in [1.54, 1.807) is 6.20 Å². The average molecular weight is 442 g/mol. The number of anilines is 1. The molecule has 27 heavy (non-hydrogen) atoms. The Kier molecular flexibility index (Phi) is 11.4. The van der Waals surface area contributed by atoms with Crippen LogP contribution in [0.2, 0.25) is 0 Å². The SMILES string of the molecule is Cl.Cl.NCc1cc(NC(=O)CCSCc2ccccn2)cc(C(F)(F)F)c1. The van der Waals surface area contributed by atoms with Crippen molar-refractivity contribution in [2.45, 2.75) is 24.9 Å². The molecule has 0 saturated carbocycles. The van der Waals surface area contributed by atoms with E-state index >= 15 is 0 Å². The molecule has 1 aromatic heterocycles. The van der Waals surface area contributed by atoms with E-state index < -0.39 is 11.7 Å². The smallest absolute Gasteiger partial charge is 0.326 e. The summed E-state index contributed by atoms with van der Waals surface area (Å²) in [7, 11) is 0. The number of pyridine rings is 1. The second-order valence-corrected chi connectivity index (χ2v) is 6.40. The Morgan fingerprint density at radius 2 is 1.93 bits per heavy atom. The minimum Gasteiger partial charge on any atom is -0.326 e. The van der Waals surface area contributed by atoms with E-state index in [9.17, 15) is 18.0 Å². The molecule has 0 atom stereocenters. The van der Waals surface area contributed by atoms with Crippen molar-refractivity contribution in [3.8, 4) is 0 Å². The highest BCUT2D eigenvalue weighted by Crippen LogP contribution is 2.32. The summed E-state index contributed by atoms with van der Waals surface area (Å²) in [5.41, 5.74) is 5.94. The fourth-order valence-corrected chi connectivity index (χ4v) is 2.95. The number of carbonyl (C=O) groups is 1. The van der Waals surface area contributed by atoms with Crippen molar-refractivity contribution in [3.63, 3.8) is 0 Å². The van der Waals surface area contributed by atoms with Crippen LogP contribution in [-0.2, 0) is 23.3 Å².